The van der Waals surface area contributed by atoms with Crippen molar-refractivity contribution in [2.24, 2.45) is 5.92 Å². The number of nitrogens with zero attached hydrogens (tertiary/aromatic N) is 1. The van der Waals surface area contributed by atoms with Crippen LogP contribution in [0.5, 0.6) is 0 Å². The Morgan fingerprint density at radius 3 is 3.00 bits per heavy atom. The Morgan fingerprint density at radius 2 is 2.45 bits per heavy atom. The lowest BCUT2D eigenvalue weighted by Crippen LogP contribution is -1.82. The lowest BCUT2D eigenvalue weighted by molar-refractivity contribution is 0.676. The maximum absolute atomic E-state index is 3.79. The van der Waals surface area contributed by atoms with Gasteiger partial charge in [0.25, 0.3) is 0 Å². The summed E-state index contributed by atoms with van der Waals surface area (Å²) in [4.78, 5) is 0. The van der Waals surface area contributed by atoms with E-state index < -0.39 is 0 Å². The molecule has 1 N–H and O–H groups in total. The van der Waals surface area contributed by atoms with E-state index in [0.29, 0.717) is 5.92 Å². The van der Waals surface area contributed by atoms with E-state index in [1.807, 2.05) is 6.07 Å². The maximum atomic E-state index is 3.79. The van der Waals surface area contributed by atoms with E-state index in [0.717, 1.165) is 12.1 Å². The molecule has 0 bridgehead atoms. The van der Waals surface area contributed by atoms with Crippen LogP contribution < -0.4 is 0 Å². The number of hydrogen-bond acceptors (Lipinski definition) is 1. The molecule has 0 aliphatic carbocycles. The average molecular weight is 148 g/mol. The fourth-order valence-corrected chi connectivity index (χ4v) is 0.676. The van der Waals surface area contributed by atoms with E-state index >= 15 is 0 Å². The van der Waals surface area contributed by atoms with Crippen molar-refractivity contribution in [3.63, 3.8) is 0 Å². The lowest BCUT2D eigenvalue weighted by Gasteiger charge is -1.91. The Bertz CT molecular complexity index is 249. The highest BCUT2D eigenvalue weighted by atomic mass is 15.1. The topological polar surface area (TPSA) is 28.7 Å². The Labute approximate surface area is 67.0 Å². The predicted octanol–water partition coefficient (Wildman–Crippen LogP) is 1.81. The summed E-state index contributed by atoms with van der Waals surface area (Å²) in [5.74, 6) is 6.70. The molecule has 1 rings (SSSR count). The summed E-state index contributed by atoms with van der Waals surface area (Å²) in [6.07, 6.45) is 2.65. The van der Waals surface area contributed by atoms with Gasteiger partial charge in [0.2, 0.25) is 0 Å². The first-order valence-corrected chi connectivity index (χ1v) is 3.77. The molecule has 2 nitrogen and oxygen atoms in total. The van der Waals surface area contributed by atoms with Crippen LogP contribution in [0.4, 0.5) is 0 Å². The van der Waals surface area contributed by atoms with Gasteiger partial charge in [0.15, 0.2) is 0 Å². The van der Waals surface area contributed by atoms with E-state index in [1.165, 1.54) is 0 Å². The third-order valence-electron chi connectivity index (χ3n) is 1.23. The molecule has 0 unspecified atom stereocenters. The summed E-state index contributed by atoms with van der Waals surface area (Å²) in [5.41, 5.74) is 0.894. The minimum atomic E-state index is 0.644. The third-order valence-corrected chi connectivity index (χ3v) is 1.23. The fraction of sp³-hybridized carbons (Fsp3) is 0.444. The van der Waals surface area contributed by atoms with E-state index in [-0.39, 0.29) is 0 Å². The van der Waals surface area contributed by atoms with Crippen LogP contribution in [0.1, 0.15) is 26.0 Å². The van der Waals surface area contributed by atoms with Gasteiger partial charge in [0.1, 0.15) is 5.69 Å². The van der Waals surface area contributed by atoms with Crippen LogP contribution in [0.2, 0.25) is 0 Å². The smallest absolute Gasteiger partial charge is 0.107 e. The van der Waals surface area contributed by atoms with Crippen LogP contribution in [0.3, 0.4) is 0 Å². The van der Waals surface area contributed by atoms with Gasteiger partial charge >= 0.3 is 0 Å². The monoisotopic (exact) mass is 148 g/mol. The Kier molecular flexibility index (Phi) is 2.74. The van der Waals surface area contributed by atoms with E-state index in [9.17, 15) is 0 Å². The zero-order valence-corrected chi connectivity index (χ0v) is 6.89. The minimum Gasteiger partial charge on any atom is -0.270 e. The first kappa shape index (κ1) is 7.87. The Balaban J connectivity index is 2.46. The number of rotatable bonds is 1. The van der Waals surface area contributed by atoms with Crippen molar-refractivity contribution < 1.29 is 0 Å². The van der Waals surface area contributed by atoms with Gasteiger partial charge in [0, 0.05) is 12.6 Å². The Morgan fingerprint density at radius 1 is 1.64 bits per heavy atom. The zero-order valence-electron chi connectivity index (χ0n) is 6.89. The van der Waals surface area contributed by atoms with Gasteiger partial charge in [0.05, 0.1) is 0 Å². The van der Waals surface area contributed by atoms with Crippen molar-refractivity contribution in [3.05, 3.63) is 18.0 Å². The van der Waals surface area contributed by atoms with Gasteiger partial charge < -0.3 is 0 Å². The molecule has 0 spiro atoms. The molecule has 0 radical (unpaired) electrons. The molecule has 58 valence electrons. The molecule has 0 aromatic carbocycles. The molecule has 2 heteroatoms. The highest BCUT2D eigenvalue weighted by molar-refractivity contribution is 5.25. The van der Waals surface area contributed by atoms with E-state index in [2.05, 4.69) is 35.9 Å². The third kappa shape index (κ3) is 2.90. The molecule has 0 amide bonds. The highest BCUT2D eigenvalue weighted by Gasteiger charge is 1.87. The number of hydrogen-bond donors (Lipinski definition) is 1. The van der Waals surface area contributed by atoms with Crippen LogP contribution in [0.25, 0.3) is 0 Å². The first-order chi connectivity index (χ1) is 5.29. The molecular formula is C9H12N2. The summed E-state index contributed by atoms with van der Waals surface area (Å²) in [6.45, 7) is 4.31. The van der Waals surface area contributed by atoms with Crippen LogP contribution in [-0.2, 0) is 0 Å². The quantitative estimate of drug-likeness (QED) is 0.604. The number of H-pyrrole nitrogens is 1. The summed E-state index contributed by atoms with van der Waals surface area (Å²) in [6, 6.07) is 1.87. The highest BCUT2D eigenvalue weighted by Crippen LogP contribution is 1.96. The second kappa shape index (κ2) is 3.82. The molecular weight excluding hydrogens is 136 g/mol. The summed E-state index contributed by atoms with van der Waals surface area (Å²) in [5, 5.41) is 6.58. The molecule has 0 saturated heterocycles. The molecule has 1 aromatic rings. The van der Waals surface area contributed by atoms with Crippen LogP contribution in [0.15, 0.2) is 12.3 Å². The molecule has 0 fully saturated rings. The van der Waals surface area contributed by atoms with Crippen molar-refractivity contribution in [2.75, 3.05) is 0 Å². The van der Waals surface area contributed by atoms with Gasteiger partial charge in [-0.2, -0.15) is 5.10 Å². The van der Waals surface area contributed by atoms with Crippen LogP contribution in [-0.4, -0.2) is 10.2 Å². The first-order valence-electron chi connectivity index (χ1n) is 3.77. The second-order valence-electron chi connectivity index (χ2n) is 2.87. The summed E-state index contributed by atoms with van der Waals surface area (Å²) in [7, 11) is 0. The normalized spacial score (nSPS) is 9.36. The van der Waals surface area contributed by atoms with Crippen LogP contribution >= 0.6 is 0 Å². The van der Waals surface area contributed by atoms with Gasteiger partial charge in [-0.3, -0.25) is 5.10 Å². The summed E-state index contributed by atoms with van der Waals surface area (Å²) < 4.78 is 0. The average Bonchev–Trinajstić information content (AvgIpc) is 2.39. The fourth-order valence-electron chi connectivity index (χ4n) is 0.676. The molecule has 0 atom stereocenters. The molecule has 0 aliphatic heterocycles. The van der Waals surface area contributed by atoms with Crippen molar-refractivity contribution in [1.29, 1.82) is 0 Å². The van der Waals surface area contributed by atoms with Crippen molar-refractivity contribution in [2.45, 2.75) is 20.3 Å². The van der Waals surface area contributed by atoms with Gasteiger partial charge in [-0.15, -0.1) is 0 Å². The van der Waals surface area contributed by atoms with Gasteiger partial charge in [-0.05, 0) is 17.9 Å². The number of aromatic nitrogens is 2. The SMILES string of the molecule is CC(C)CC#Cc1ccn[nH]1. The van der Waals surface area contributed by atoms with Crippen molar-refractivity contribution in [3.8, 4) is 11.8 Å². The molecule has 1 aromatic heterocycles. The van der Waals surface area contributed by atoms with Gasteiger partial charge in [-0.25, -0.2) is 0 Å². The predicted molar refractivity (Wildman–Crippen MR) is 44.9 cm³/mol. The minimum absolute atomic E-state index is 0.644. The molecule has 1 heterocycles. The van der Waals surface area contributed by atoms with Crippen LogP contribution in [0, 0.1) is 17.8 Å². The van der Waals surface area contributed by atoms with Crippen molar-refractivity contribution >= 4 is 0 Å². The Hall–Kier alpha value is -1.23. The molecule has 0 saturated carbocycles. The second-order valence-corrected chi connectivity index (χ2v) is 2.87. The molecule has 11 heavy (non-hydrogen) atoms. The maximum Gasteiger partial charge on any atom is 0.107 e. The number of aromatic amines is 1. The number of nitrogens with one attached hydrogen (secondary N) is 1. The van der Waals surface area contributed by atoms with E-state index in [4.69, 9.17) is 0 Å². The standard InChI is InChI=1S/C9H12N2/c1-8(2)4-3-5-9-6-7-10-11-9/h6-8H,4H2,1-2H3,(H,10,11). The van der Waals surface area contributed by atoms with E-state index in [1.54, 1.807) is 6.20 Å². The zero-order chi connectivity index (χ0) is 8.10. The summed E-state index contributed by atoms with van der Waals surface area (Å²) >= 11 is 0. The van der Waals surface area contributed by atoms with Gasteiger partial charge in [-0.1, -0.05) is 19.8 Å². The molecule has 0 aliphatic rings. The van der Waals surface area contributed by atoms with Crippen molar-refractivity contribution in [1.82, 2.24) is 10.2 Å². The largest absolute Gasteiger partial charge is 0.270 e. The lowest BCUT2D eigenvalue weighted by atomic mass is 10.1.